The van der Waals surface area contributed by atoms with Crippen molar-refractivity contribution in [3.05, 3.63) is 68.8 Å². The molecule has 0 saturated heterocycles. The molecular formula is C23H20Cl2F2N2O2. The van der Waals surface area contributed by atoms with Crippen LogP contribution in [0, 0.1) is 17.0 Å². The summed E-state index contributed by atoms with van der Waals surface area (Å²) in [5.74, 6) is -2.76. The maximum Gasteiger partial charge on any atom is 0.224 e. The fourth-order valence-electron chi connectivity index (χ4n) is 4.40. The number of allylic oxidation sites excluding steroid dienone is 1. The van der Waals surface area contributed by atoms with Gasteiger partial charge in [-0.2, -0.15) is 0 Å². The highest BCUT2D eigenvalue weighted by Gasteiger charge is 2.43. The van der Waals surface area contributed by atoms with Gasteiger partial charge in [0.2, 0.25) is 5.91 Å². The smallest absolute Gasteiger partial charge is 0.224 e. The van der Waals surface area contributed by atoms with Crippen LogP contribution >= 0.6 is 23.2 Å². The van der Waals surface area contributed by atoms with Crippen LogP contribution in [0.2, 0.25) is 10.0 Å². The molecule has 1 aliphatic heterocycles. The summed E-state index contributed by atoms with van der Waals surface area (Å²) in [4.78, 5) is 27.5. The first-order valence-electron chi connectivity index (χ1n) is 9.75. The van der Waals surface area contributed by atoms with Crippen LogP contribution in [0.5, 0.6) is 0 Å². The molecule has 0 aromatic heterocycles. The van der Waals surface area contributed by atoms with Crippen molar-refractivity contribution in [3.63, 3.8) is 0 Å². The minimum atomic E-state index is -1.10. The second kappa shape index (κ2) is 7.61. The first-order chi connectivity index (χ1) is 14.5. The number of nitrogens with zero attached hydrogens (tertiary/aromatic N) is 1. The zero-order chi connectivity index (χ0) is 22.7. The van der Waals surface area contributed by atoms with Gasteiger partial charge in [0.05, 0.1) is 17.4 Å². The largest absolute Gasteiger partial charge is 0.357 e. The standard InChI is InChI=1S/C23H20Cl2F2N2O2/c1-11(30)29-19-8-16(27)15(26)7-17(19)28-18-9-23(2,3)10-20(31)21(18)22(29)13-5-4-12(24)6-14(13)25/h4-8,22,28H,9-10H2,1-3H3. The minimum Gasteiger partial charge on any atom is -0.357 e. The zero-order valence-electron chi connectivity index (χ0n) is 17.2. The van der Waals surface area contributed by atoms with Gasteiger partial charge in [0, 0.05) is 46.8 Å². The third-order valence-electron chi connectivity index (χ3n) is 5.63. The fourth-order valence-corrected chi connectivity index (χ4v) is 4.91. The van der Waals surface area contributed by atoms with E-state index < -0.39 is 23.6 Å². The molecule has 1 N–H and O–H groups in total. The molecule has 0 fully saturated rings. The summed E-state index contributed by atoms with van der Waals surface area (Å²) in [5.41, 5.74) is 1.38. The van der Waals surface area contributed by atoms with Crippen LogP contribution < -0.4 is 10.2 Å². The Kier molecular flexibility index (Phi) is 5.34. The molecule has 162 valence electrons. The molecule has 1 heterocycles. The molecule has 0 saturated carbocycles. The number of halogens is 4. The van der Waals surface area contributed by atoms with Crippen molar-refractivity contribution >= 4 is 46.3 Å². The molecule has 1 unspecified atom stereocenters. The van der Waals surface area contributed by atoms with Gasteiger partial charge in [-0.3, -0.25) is 14.5 Å². The number of ketones is 1. The molecule has 2 aromatic rings. The SMILES string of the molecule is CC(=O)N1c2cc(F)c(F)cc2NC2=C(C(=O)CC(C)(C)C2)C1c1ccc(Cl)cc1Cl. The number of anilines is 2. The molecule has 31 heavy (non-hydrogen) atoms. The van der Waals surface area contributed by atoms with Crippen molar-refractivity contribution in [1.82, 2.24) is 0 Å². The van der Waals surface area contributed by atoms with Gasteiger partial charge in [0.15, 0.2) is 17.4 Å². The fraction of sp³-hybridized carbons (Fsp3) is 0.304. The Morgan fingerprint density at radius 2 is 1.81 bits per heavy atom. The van der Waals surface area contributed by atoms with Crippen molar-refractivity contribution in [3.8, 4) is 0 Å². The summed E-state index contributed by atoms with van der Waals surface area (Å²) in [5, 5.41) is 3.78. The topological polar surface area (TPSA) is 49.4 Å². The number of nitrogens with one attached hydrogen (secondary N) is 1. The Morgan fingerprint density at radius 3 is 2.45 bits per heavy atom. The molecule has 4 nitrogen and oxygen atoms in total. The molecule has 4 rings (SSSR count). The number of carbonyl (C=O) groups excluding carboxylic acids is 2. The summed E-state index contributed by atoms with van der Waals surface area (Å²) >= 11 is 12.6. The van der Waals surface area contributed by atoms with Crippen LogP contribution in [0.3, 0.4) is 0 Å². The molecule has 1 amide bonds. The van der Waals surface area contributed by atoms with E-state index in [-0.39, 0.29) is 34.0 Å². The maximum atomic E-state index is 14.2. The summed E-state index contributed by atoms with van der Waals surface area (Å²) in [6.45, 7) is 5.23. The van der Waals surface area contributed by atoms with Gasteiger partial charge in [-0.05, 0) is 29.5 Å². The van der Waals surface area contributed by atoms with E-state index in [0.29, 0.717) is 28.3 Å². The lowest BCUT2D eigenvalue weighted by atomic mass is 9.73. The van der Waals surface area contributed by atoms with Crippen LogP contribution in [-0.2, 0) is 9.59 Å². The minimum absolute atomic E-state index is 0.127. The van der Waals surface area contributed by atoms with E-state index in [2.05, 4.69) is 5.32 Å². The number of carbonyl (C=O) groups is 2. The number of rotatable bonds is 1. The molecular weight excluding hydrogens is 445 g/mol. The normalized spacial score (nSPS) is 20.0. The molecule has 8 heteroatoms. The Bertz CT molecular complexity index is 1160. The summed E-state index contributed by atoms with van der Waals surface area (Å²) < 4.78 is 28.4. The van der Waals surface area contributed by atoms with E-state index in [4.69, 9.17) is 23.2 Å². The van der Waals surface area contributed by atoms with Gasteiger partial charge < -0.3 is 5.32 Å². The number of amides is 1. The van der Waals surface area contributed by atoms with Gasteiger partial charge in [-0.25, -0.2) is 8.78 Å². The van der Waals surface area contributed by atoms with Crippen molar-refractivity contribution in [1.29, 1.82) is 0 Å². The molecule has 2 aliphatic rings. The van der Waals surface area contributed by atoms with Gasteiger partial charge in [0.25, 0.3) is 0 Å². The third-order valence-corrected chi connectivity index (χ3v) is 6.19. The summed E-state index contributed by atoms with van der Waals surface area (Å²) in [6, 6.07) is 5.84. The molecule has 1 aliphatic carbocycles. The Hall–Kier alpha value is -2.44. The molecule has 1 atom stereocenters. The van der Waals surface area contributed by atoms with Gasteiger partial charge >= 0.3 is 0 Å². The lowest BCUT2D eigenvalue weighted by Crippen LogP contribution is -2.38. The molecule has 0 bridgehead atoms. The van der Waals surface area contributed by atoms with E-state index in [1.165, 1.54) is 17.9 Å². The summed E-state index contributed by atoms with van der Waals surface area (Å²) in [6.07, 6.45) is 0.750. The number of Topliss-reactive ketones (excluding diaryl/α,β-unsaturated/α-hetero) is 1. The monoisotopic (exact) mass is 464 g/mol. The van der Waals surface area contributed by atoms with E-state index in [0.717, 1.165) is 12.1 Å². The number of hydrogen-bond donors (Lipinski definition) is 1. The van der Waals surface area contributed by atoms with Gasteiger partial charge in [-0.1, -0.05) is 43.1 Å². The average molecular weight is 465 g/mol. The highest BCUT2D eigenvalue weighted by molar-refractivity contribution is 6.35. The second-order valence-corrected chi connectivity index (χ2v) is 9.54. The quantitative estimate of drug-likeness (QED) is 0.528. The highest BCUT2D eigenvalue weighted by atomic mass is 35.5. The van der Waals surface area contributed by atoms with Crippen molar-refractivity contribution < 1.29 is 18.4 Å². The molecule has 0 spiro atoms. The Morgan fingerprint density at radius 1 is 1.13 bits per heavy atom. The predicted octanol–water partition coefficient (Wildman–Crippen LogP) is 6.43. The first-order valence-corrected chi connectivity index (χ1v) is 10.5. The predicted molar refractivity (Wildman–Crippen MR) is 117 cm³/mol. The number of hydrogen-bond acceptors (Lipinski definition) is 3. The van der Waals surface area contributed by atoms with E-state index >= 15 is 0 Å². The van der Waals surface area contributed by atoms with Crippen LogP contribution in [0.4, 0.5) is 20.2 Å². The van der Waals surface area contributed by atoms with Crippen LogP contribution in [0.25, 0.3) is 0 Å². The highest BCUT2D eigenvalue weighted by Crippen LogP contribution is 2.49. The van der Waals surface area contributed by atoms with Crippen LogP contribution in [-0.4, -0.2) is 11.7 Å². The van der Waals surface area contributed by atoms with E-state index in [9.17, 15) is 18.4 Å². The second-order valence-electron chi connectivity index (χ2n) is 8.70. The first kappa shape index (κ1) is 21.8. The molecule has 2 aromatic carbocycles. The van der Waals surface area contributed by atoms with Gasteiger partial charge in [-0.15, -0.1) is 0 Å². The zero-order valence-corrected chi connectivity index (χ0v) is 18.7. The number of benzene rings is 2. The Labute approximate surface area is 188 Å². The third kappa shape index (κ3) is 3.83. The van der Waals surface area contributed by atoms with E-state index in [1.807, 2.05) is 13.8 Å². The lowest BCUT2D eigenvalue weighted by Gasteiger charge is -2.37. The lowest BCUT2D eigenvalue weighted by molar-refractivity contribution is -0.118. The molecule has 0 radical (unpaired) electrons. The van der Waals surface area contributed by atoms with Crippen LogP contribution in [0.15, 0.2) is 41.6 Å². The maximum absolute atomic E-state index is 14.2. The van der Waals surface area contributed by atoms with Crippen molar-refractivity contribution in [2.45, 2.75) is 39.7 Å². The Balaban J connectivity index is 2.07. The van der Waals surface area contributed by atoms with Crippen molar-refractivity contribution in [2.24, 2.45) is 5.41 Å². The number of fused-ring (bicyclic) bond motifs is 1. The van der Waals surface area contributed by atoms with Crippen molar-refractivity contribution in [2.75, 3.05) is 10.2 Å². The van der Waals surface area contributed by atoms with Crippen LogP contribution in [0.1, 0.15) is 45.2 Å². The summed E-state index contributed by atoms with van der Waals surface area (Å²) in [7, 11) is 0. The van der Waals surface area contributed by atoms with E-state index in [1.54, 1.807) is 12.1 Å². The van der Waals surface area contributed by atoms with Gasteiger partial charge in [0.1, 0.15) is 0 Å². The average Bonchev–Trinajstić information content (AvgIpc) is 2.75.